The molecule has 0 saturated heterocycles. The zero-order chi connectivity index (χ0) is 22.1. The van der Waals surface area contributed by atoms with Gasteiger partial charge in [0.25, 0.3) is 0 Å². The molecule has 164 valence electrons. The van der Waals surface area contributed by atoms with E-state index in [9.17, 15) is 5.21 Å². The average Bonchev–Trinajstić information content (AvgIpc) is 3.24. The lowest BCUT2D eigenvalue weighted by atomic mass is 9.68. The molecular formula is C26H27N3O3. The highest BCUT2D eigenvalue weighted by Gasteiger charge is 2.38. The van der Waals surface area contributed by atoms with Crippen molar-refractivity contribution in [2.24, 2.45) is 11.1 Å². The summed E-state index contributed by atoms with van der Waals surface area (Å²) in [5, 5.41) is 21.1. The highest BCUT2D eigenvalue weighted by atomic mass is 16.5. The van der Waals surface area contributed by atoms with Crippen molar-refractivity contribution in [3.05, 3.63) is 82.7 Å². The van der Waals surface area contributed by atoms with E-state index in [0.29, 0.717) is 12.1 Å². The number of methoxy groups -OCH3 is 2. The smallest absolute Gasteiger partial charge is 0.118 e. The first kappa shape index (κ1) is 20.4. The summed E-state index contributed by atoms with van der Waals surface area (Å²) in [6, 6.07) is 16.4. The normalized spacial score (nSPS) is 17.5. The van der Waals surface area contributed by atoms with Crippen LogP contribution < -0.4 is 9.47 Å². The van der Waals surface area contributed by atoms with Gasteiger partial charge in [0.05, 0.1) is 14.2 Å². The van der Waals surface area contributed by atoms with E-state index in [1.165, 1.54) is 6.42 Å². The monoisotopic (exact) mass is 429 g/mol. The minimum Gasteiger partial charge on any atom is -0.497 e. The molecule has 5 rings (SSSR count). The topological polar surface area (TPSA) is 79.7 Å². The van der Waals surface area contributed by atoms with Gasteiger partial charge in [0.1, 0.15) is 22.9 Å². The van der Waals surface area contributed by atoms with Gasteiger partial charge in [0.2, 0.25) is 0 Å². The number of ether oxygens (including phenoxy) is 2. The van der Waals surface area contributed by atoms with Crippen molar-refractivity contribution in [3.8, 4) is 11.5 Å². The van der Waals surface area contributed by atoms with Gasteiger partial charge in [-0.3, -0.25) is 5.10 Å². The molecule has 1 saturated carbocycles. The highest BCUT2D eigenvalue weighted by Crippen LogP contribution is 2.43. The summed E-state index contributed by atoms with van der Waals surface area (Å²) >= 11 is 0. The van der Waals surface area contributed by atoms with Crippen LogP contribution >= 0.6 is 0 Å². The van der Waals surface area contributed by atoms with Crippen LogP contribution in [0.3, 0.4) is 0 Å². The van der Waals surface area contributed by atoms with Gasteiger partial charge in [-0.1, -0.05) is 48.0 Å². The highest BCUT2D eigenvalue weighted by molar-refractivity contribution is 6.04. The molecule has 0 atom stereocenters. The number of benzene rings is 2. The van der Waals surface area contributed by atoms with Crippen LogP contribution in [0, 0.1) is 5.92 Å². The number of nitrogens with zero attached hydrogens (tertiary/aromatic N) is 2. The number of allylic oxidation sites excluding steroid dienone is 1. The van der Waals surface area contributed by atoms with Crippen LogP contribution in [0.5, 0.6) is 11.5 Å². The van der Waals surface area contributed by atoms with Crippen molar-refractivity contribution >= 4 is 11.8 Å². The molecule has 2 aromatic carbocycles. The largest absolute Gasteiger partial charge is 0.497 e. The molecule has 2 aliphatic carbocycles. The Morgan fingerprint density at radius 3 is 2.06 bits per heavy atom. The number of aromatic amines is 1. The van der Waals surface area contributed by atoms with E-state index in [-0.39, 0.29) is 11.3 Å². The molecule has 2 aliphatic rings. The van der Waals surface area contributed by atoms with E-state index in [1.807, 2.05) is 24.3 Å². The first-order valence-corrected chi connectivity index (χ1v) is 11.0. The maximum absolute atomic E-state index is 9.68. The second-order valence-electron chi connectivity index (χ2n) is 8.52. The fraction of sp³-hybridized carbons (Fsp3) is 0.308. The molecule has 0 aliphatic heterocycles. The molecule has 0 radical (unpaired) electrons. The van der Waals surface area contributed by atoms with Gasteiger partial charge < -0.3 is 14.7 Å². The molecule has 3 aromatic rings. The maximum Gasteiger partial charge on any atom is 0.118 e. The number of hydrogen-bond donors (Lipinski definition) is 2. The fourth-order valence-corrected chi connectivity index (χ4v) is 4.80. The molecule has 0 spiro atoms. The van der Waals surface area contributed by atoms with Gasteiger partial charge in [-0.15, -0.1) is 0 Å². The predicted octanol–water partition coefficient (Wildman–Crippen LogP) is 4.96. The number of aromatic nitrogens is 2. The Kier molecular flexibility index (Phi) is 5.21. The molecule has 1 aromatic heterocycles. The number of oxime groups is 1. The summed E-state index contributed by atoms with van der Waals surface area (Å²) in [5.41, 5.74) is 5.47. The molecule has 6 heteroatoms. The zero-order valence-corrected chi connectivity index (χ0v) is 18.3. The van der Waals surface area contributed by atoms with Crippen molar-refractivity contribution in [3.63, 3.8) is 0 Å². The van der Waals surface area contributed by atoms with Crippen LogP contribution in [0.15, 0.2) is 59.8 Å². The van der Waals surface area contributed by atoms with Gasteiger partial charge in [-0.2, -0.15) is 5.10 Å². The van der Waals surface area contributed by atoms with Crippen LogP contribution in [-0.4, -0.2) is 35.3 Å². The Bertz CT molecular complexity index is 1110. The van der Waals surface area contributed by atoms with Crippen LogP contribution in [0.25, 0.3) is 6.08 Å². The third-order valence-corrected chi connectivity index (χ3v) is 6.93. The summed E-state index contributed by atoms with van der Waals surface area (Å²) < 4.78 is 10.7. The quantitative estimate of drug-likeness (QED) is 0.330. The molecule has 1 heterocycles. The molecule has 0 amide bonds. The van der Waals surface area contributed by atoms with Crippen LogP contribution in [0.2, 0.25) is 0 Å². The molecule has 0 bridgehead atoms. The standard InChI is InChI=1S/C26H27N3O3/c1-31-20-10-6-18(7-11-20)26(19-8-12-21(32-2)13-9-19)15-14-22-23(16-26)27-28-25(22)24(29-30)17-4-3-5-17/h6-15,17,30H,3-5,16H2,1-2H3,(H,27,28). The van der Waals surface area contributed by atoms with Crippen LogP contribution in [0.1, 0.15) is 47.3 Å². The van der Waals surface area contributed by atoms with Gasteiger partial charge in [-0.25, -0.2) is 0 Å². The Hall–Kier alpha value is -3.54. The molecule has 0 unspecified atom stereocenters. The van der Waals surface area contributed by atoms with Gasteiger partial charge in [0.15, 0.2) is 0 Å². The average molecular weight is 430 g/mol. The summed E-state index contributed by atoms with van der Waals surface area (Å²) in [4.78, 5) is 0. The van der Waals surface area contributed by atoms with Crippen molar-refractivity contribution < 1.29 is 14.7 Å². The maximum atomic E-state index is 9.68. The van der Waals surface area contributed by atoms with E-state index in [2.05, 4.69) is 51.8 Å². The van der Waals surface area contributed by atoms with Crippen LogP contribution in [-0.2, 0) is 11.8 Å². The van der Waals surface area contributed by atoms with Gasteiger partial charge >= 0.3 is 0 Å². The first-order chi connectivity index (χ1) is 15.7. The molecule has 2 N–H and O–H groups in total. The second-order valence-corrected chi connectivity index (χ2v) is 8.52. The lowest BCUT2D eigenvalue weighted by Crippen LogP contribution is -2.31. The molecule has 32 heavy (non-hydrogen) atoms. The predicted molar refractivity (Wildman–Crippen MR) is 124 cm³/mol. The van der Waals surface area contributed by atoms with Gasteiger partial charge in [0, 0.05) is 29.0 Å². The summed E-state index contributed by atoms with van der Waals surface area (Å²) in [6.07, 6.45) is 8.35. The zero-order valence-electron chi connectivity index (χ0n) is 18.3. The van der Waals surface area contributed by atoms with Crippen molar-refractivity contribution in [1.82, 2.24) is 10.2 Å². The Labute approximate surface area is 187 Å². The minimum atomic E-state index is -0.373. The Morgan fingerprint density at radius 1 is 1.00 bits per heavy atom. The third kappa shape index (κ3) is 3.27. The molecular weight excluding hydrogens is 402 g/mol. The first-order valence-electron chi connectivity index (χ1n) is 11.0. The number of nitrogens with one attached hydrogen (secondary N) is 1. The van der Waals surface area contributed by atoms with E-state index in [1.54, 1.807) is 14.2 Å². The Balaban J connectivity index is 1.59. The summed E-state index contributed by atoms with van der Waals surface area (Å²) in [6.45, 7) is 0. The van der Waals surface area contributed by atoms with Crippen molar-refractivity contribution in [2.45, 2.75) is 31.1 Å². The minimum absolute atomic E-state index is 0.288. The Morgan fingerprint density at radius 2 is 1.59 bits per heavy atom. The van der Waals surface area contributed by atoms with Crippen molar-refractivity contribution in [2.75, 3.05) is 14.2 Å². The fourth-order valence-electron chi connectivity index (χ4n) is 4.80. The summed E-state index contributed by atoms with van der Waals surface area (Å²) in [5.74, 6) is 1.94. The molecule has 1 fully saturated rings. The van der Waals surface area contributed by atoms with Crippen LogP contribution in [0.4, 0.5) is 0 Å². The number of fused-ring (bicyclic) bond motifs is 1. The van der Waals surface area contributed by atoms with E-state index >= 15 is 0 Å². The number of rotatable bonds is 6. The van der Waals surface area contributed by atoms with E-state index in [0.717, 1.165) is 52.4 Å². The van der Waals surface area contributed by atoms with E-state index in [4.69, 9.17) is 9.47 Å². The summed E-state index contributed by atoms with van der Waals surface area (Å²) in [7, 11) is 3.35. The SMILES string of the molecule is COc1ccc(C2(c3ccc(OC)cc3)C=Cc3c(C(=NO)C4CCC4)n[nH]c3C2)cc1. The lowest BCUT2D eigenvalue weighted by molar-refractivity contribution is 0.305. The van der Waals surface area contributed by atoms with Crippen molar-refractivity contribution in [1.29, 1.82) is 0 Å². The third-order valence-electron chi connectivity index (χ3n) is 6.93. The molecule has 6 nitrogen and oxygen atoms in total. The van der Waals surface area contributed by atoms with E-state index < -0.39 is 0 Å². The number of H-pyrrole nitrogens is 1. The number of hydrogen-bond acceptors (Lipinski definition) is 5. The lowest BCUT2D eigenvalue weighted by Gasteiger charge is -2.35. The van der Waals surface area contributed by atoms with Gasteiger partial charge in [-0.05, 0) is 48.2 Å². The second kappa shape index (κ2) is 8.19.